The summed E-state index contributed by atoms with van der Waals surface area (Å²) < 4.78 is 0. The third-order valence-corrected chi connectivity index (χ3v) is 3.06. The van der Waals surface area contributed by atoms with Gasteiger partial charge in [-0.2, -0.15) is 0 Å². The van der Waals surface area contributed by atoms with Gasteiger partial charge in [-0.1, -0.05) is 54.7 Å². The van der Waals surface area contributed by atoms with Crippen molar-refractivity contribution in [1.82, 2.24) is 0 Å². The first-order valence-corrected chi connectivity index (χ1v) is 5.50. The second kappa shape index (κ2) is 4.20. The normalized spacial score (nSPS) is 23.9. The summed E-state index contributed by atoms with van der Waals surface area (Å²) in [6, 6.07) is 10.0. The van der Waals surface area contributed by atoms with Gasteiger partial charge in [0, 0.05) is 6.42 Å². The number of hydrogen-bond donors (Lipinski definition) is 2. The molecule has 2 nitrogen and oxygen atoms in total. The van der Waals surface area contributed by atoms with Gasteiger partial charge in [0.15, 0.2) is 0 Å². The molecule has 0 heterocycles. The van der Waals surface area contributed by atoms with Gasteiger partial charge in [-0.15, -0.1) is 0 Å². The summed E-state index contributed by atoms with van der Waals surface area (Å²) in [5, 5.41) is 10.0. The van der Waals surface area contributed by atoms with Gasteiger partial charge in [0.05, 0.1) is 0 Å². The average molecular weight is 231 g/mol. The molecule has 1 unspecified atom stereocenters. The maximum atomic E-state index is 10.0. The van der Waals surface area contributed by atoms with Crippen LogP contribution in [0.1, 0.15) is 12.0 Å². The van der Waals surface area contributed by atoms with Gasteiger partial charge in [0.2, 0.25) is 0 Å². The van der Waals surface area contributed by atoms with Gasteiger partial charge in [-0.05, 0) is 17.2 Å². The predicted octanol–water partition coefficient (Wildman–Crippen LogP) is 2.05. The fourth-order valence-electron chi connectivity index (χ4n) is 1.66. The van der Waals surface area contributed by atoms with E-state index in [1.165, 1.54) is 0 Å². The highest BCUT2D eigenvalue weighted by Crippen LogP contribution is 2.26. The van der Waals surface area contributed by atoms with Crippen LogP contribution in [0.2, 0.25) is 0 Å². The van der Waals surface area contributed by atoms with Crippen molar-refractivity contribution in [2.75, 3.05) is 0 Å². The van der Waals surface area contributed by atoms with Crippen LogP contribution in [0.5, 0.6) is 0 Å². The number of hydrogen-bond acceptors (Lipinski definition) is 2. The van der Waals surface area contributed by atoms with Crippen molar-refractivity contribution in [2.45, 2.75) is 12.0 Å². The highest BCUT2D eigenvalue weighted by molar-refractivity contribution is 7.80. The minimum Gasteiger partial charge on any atom is -0.391 e. The van der Waals surface area contributed by atoms with Crippen molar-refractivity contribution >= 4 is 22.8 Å². The molecule has 3 N–H and O–H groups in total. The number of benzene rings is 1. The summed E-state index contributed by atoms with van der Waals surface area (Å²) in [5.41, 5.74) is 6.54. The topological polar surface area (TPSA) is 46.2 Å². The summed E-state index contributed by atoms with van der Waals surface area (Å²) >= 11 is 4.83. The van der Waals surface area contributed by atoms with Gasteiger partial charge in [0.1, 0.15) is 10.6 Å². The molecule has 0 amide bonds. The molecule has 0 spiro atoms. The van der Waals surface area contributed by atoms with Crippen molar-refractivity contribution in [1.29, 1.82) is 0 Å². The van der Waals surface area contributed by atoms with Gasteiger partial charge in [-0.25, -0.2) is 0 Å². The molecule has 2 rings (SSSR count). The second-order valence-corrected chi connectivity index (χ2v) is 4.29. The fraction of sp³-hybridized carbons (Fsp3) is 0.154. The Morgan fingerprint density at radius 1 is 1.31 bits per heavy atom. The quantitative estimate of drug-likeness (QED) is 0.766. The zero-order chi connectivity index (χ0) is 11.6. The SMILES string of the molecule is NC(=S)C1(O)C=CC(c2ccccc2)=CC1. The molecule has 0 aromatic heterocycles. The van der Waals surface area contributed by atoms with Crippen LogP contribution in [0.25, 0.3) is 5.57 Å². The molecule has 1 atom stereocenters. The summed E-state index contributed by atoms with van der Waals surface area (Å²) in [6.45, 7) is 0. The zero-order valence-electron chi connectivity index (χ0n) is 8.76. The molecule has 0 radical (unpaired) electrons. The molecule has 0 saturated carbocycles. The van der Waals surface area contributed by atoms with Crippen LogP contribution >= 0.6 is 12.2 Å². The first-order chi connectivity index (χ1) is 7.62. The second-order valence-electron chi connectivity index (χ2n) is 3.85. The monoisotopic (exact) mass is 231 g/mol. The third-order valence-electron chi connectivity index (χ3n) is 2.71. The lowest BCUT2D eigenvalue weighted by molar-refractivity contribution is 0.167. The number of rotatable bonds is 2. The Morgan fingerprint density at radius 2 is 2.00 bits per heavy atom. The molecule has 0 bridgehead atoms. The number of thiocarbonyl (C=S) groups is 1. The molecular weight excluding hydrogens is 218 g/mol. The molecule has 0 aliphatic heterocycles. The van der Waals surface area contributed by atoms with Crippen molar-refractivity contribution < 1.29 is 5.11 Å². The van der Waals surface area contributed by atoms with Crippen molar-refractivity contribution in [3.63, 3.8) is 0 Å². The van der Waals surface area contributed by atoms with Crippen LogP contribution in [-0.2, 0) is 0 Å². The molecule has 16 heavy (non-hydrogen) atoms. The van der Waals surface area contributed by atoms with Crippen LogP contribution in [0.4, 0.5) is 0 Å². The Bertz CT molecular complexity index is 464. The van der Waals surface area contributed by atoms with Gasteiger partial charge < -0.3 is 10.8 Å². The summed E-state index contributed by atoms with van der Waals surface area (Å²) in [7, 11) is 0. The lowest BCUT2D eigenvalue weighted by atomic mass is 9.89. The largest absolute Gasteiger partial charge is 0.391 e. The van der Waals surface area contributed by atoms with Crippen LogP contribution in [0.15, 0.2) is 48.6 Å². The molecule has 1 aromatic carbocycles. The molecule has 82 valence electrons. The maximum Gasteiger partial charge on any atom is 0.136 e. The van der Waals surface area contributed by atoms with Crippen LogP contribution in [0.3, 0.4) is 0 Å². The molecule has 0 saturated heterocycles. The van der Waals surface area contributed by atoms with E-state index in [0.717, 1.165) is 11.1 Å². The molecule has 3 heteroatoms. The number of aliphatic hydroxyl groups is 1. The molecule has 1 aliphatic carbocycles. The Kier molecular flexibility index (Phi) is 2.90. The van der Waals surface area contributed by atoms with Gasteiger partial charge in [0.25, 0.3) is 0 Å². The number of nitrogens with two attached hydrogens (primary N) is 1. The lowest BCUT2D eigenvalue weighted by Crippen LogP contribution is -2.41. The average Bonchev–Trinajstić information content (AvgIpc) is 2.31. The summed E-state index contributed by atoms with van der Waals surface area (Å²) in [6.07, 6.45) is 5.91. The first-order valence-electron chi connectivity index (χ1n) is 5.09. The predicted molar refractivity (Wildman–Crippen MR) is 69.9 cm³/mol. The van der Waals surface area contributed by atoms with E-state index >= 15 is 0 Å². The molecule has 1 aromatic rings. The smallest absolute Gasteiger partial charge is 0.136 e. The summed E-state index contributed by atoms with van der Waals surface area (Å²) in [4.78, 5) is 0.118. The van der Waals surface area contributed by atoms with E-state index in [-0.39, 0.29) is 4.99 Å². The summed E-state index contributed by atoms with van der Waals surface area (Å²) in [5.74, 6) is 0. The van der Waals surface area contributed by atoms with Crippen LogP contribution in [-0.4, -0.2) is 15.7 Å². The fourth-order valence-corrected chi connectivity index (χ4v) is 1.81. The van der Waals surface area contributed by atoms with Crippen molar-refractivity contribution in [3.8, 4) is 0 Å². The Hall–Kier alpha value is -1.45. The zero-order valence-corrected chi connectivity index (χ0v) is 9.58. The van der Waals surface area contributed by atoms with Gasteiger partial charge >= 0.3 is 0 Å². The minimum absolute atomic E-state index is 0.118. The van der Waals surface area contributed by atoms with Crippen molar-refractivity contribution in [3.05, 3.63) is 54.1 Å². The lowest BCUT2D eigenvalue weighted by Gasteiger charge is -2.25. The van der Waals surface area contributed by atoms with Crippen LogP contribution in [0, 0.1) is 0 Å². The third kappa shape index (κ3) is 2.05. The van der Waals surface area contributed by atoms with E-state index in [2.05, 4.69) is 0 Å². The van der Waals surface area contributed by atoms with Gasteiger partial charge in [-0.3, -0.25) is 0 Å². The standard InChI is InChI=1S/C13H13NOS/c14-12(16)13(15)8-6-11(7-9-13)10-4-2-1-3-5-10/h1-8,15H,9H2,(H2,14,16). The highest BCUT2D eigenvalue weighted by Gasteiger charge is 2.28. The van der Waals surface area contributed by atoms with E-state index in [0.29, 0.717) is 6.42 Å². The highest BCUT2D eigenvalue weighted by atomic mass is 32.1. The minimum atomic E-state index is -1.16. The Morgan fingerprint density at radius 3 is 2.50 bits per heavy atom. The molecular formula is C13H13NOS. The van der Waals surface area contributed by atoms with E-state index in [1.807, 2.05) is 42.5 Å². The molecule has 1 aliphatic rings. The van der Waals surface area contributed by atoms with E-state index in [4.69, 9.17) is 18.0 Å². The van der Waals surface area contributed by atoms with E-state index in [9.17, 15) is 5.11 Å². The first kappa shape index (κ1) is 11.0. The Labute approximate surface area is 100 Å². The Balaban J connectivity index is 2.23. The number of allylic oxidation sites excluding steroid dienone is 2. The molecule has 0 fully saturated rings. The maximum absolute atomic E-state index is 10.0. The van der Waals surface area contributed by atoms with Crippen molar-refractivity contribution in [2.24, 2.45) is 5.73 Å². The van der Waals surface area contributed by atoms with E-state index in [1.54, 1.807) is 6.08 Å². The van der Waals surface area contributed by atoms with Crippen LogP contribution < -0.4 is 5.73 Å². The van der Waals surface area contributed by atoms with E-state index < -0.39 is 5.60 Å².